The predicted molar refractivity (Wildman–Crippen MR) is 51.6 cm³/mol. The molecule has 0 amide bonds. The van der Waals surface area contributed by atoms with Crippen molar-refractivity contribution in [1.82, 2.24) is 4.98 Å². The summed E-state index contributed by atoms with van der Waals surface area (Å²) in [6.07, 6.45) is 2.52. The number of halogens is 1. The Hall–Kier alpha value is -0.410. The van der Waals surface area contributed by atoms with Crippen molar-refractivity contribution >= 4 is 15.9 Å². The van der Waals surface area contributed by atoms with E-state index in [1.807, 2.05) is 18.2 Å². The van der Waals surface area contributed by atoms with Crippen LogP contribution < -0.4 is 5.73 Å². The second-order valence-electron chi connectivity index (χ2n) is 3.25. The van der Waals surface area contributed by atoms with Gasteiger partial charge in [0, 0.05) is 6.04 Å². The third kappa shape index (κ3) is 1.67. The molecule has 64 valence electrons. The zero-order valence-electron chi connectivity index (χ0n) is 6.70. The van der Waals surface area contributed by atoms with Gasteiger partial charge in [-0.1, -0.05) is 6.07 Å². The molecule has 12 heavy (non-hydrogen) atoms. The average Bonchev–Trinajstić information content (AvgIpc) is 2.85. The van der Waals surface area contributed by atoms with E-state index in [0.29, 0.717) is 5.92 Å². The fourth-order valence-corrected chi connectivity index (χ4v) is 1.66. The molecule has 2 N–H and O–H groups in total. The van der Waals surface area contributed by atoms with Crippen molar-refractivity contribution in [1.29, 1.82) is 0 Å². The summed E-state index contributed by atoms with van der Waals surface area (Å²) in [5.74, 6) is 0.673. The van der Waals surface area contributed by atoms with Crippen LogP contribution in [0.15, 0.2) is 22.8 Å². The molecular formula is C9H11BrN2. The van der Waals surface area contributed by atoms with Crippen molar-refractivity contribution in [3.05, 3.63) is 28.5 Å². The summed E-state index contributed by atoms with van der Waals surface area (Å²) >= 11 is 3.33. The Labute approximate surface area is 80.3 Å². The van der Waals surface area contributed by atoms with Gasteiger partial charge in [-0.25, -0.2) is 4.98 Å². The van der Waals surface area contributed by atoms with Crippen molar-refractivity contribution in [3.8, 4) is 0 Å². The summed E-state index contributed by atoms with van der Waals surface area (Å²) in [5.41, 5.74) is 6.99. The maximum absolute atomic E-state index is 5.99. The molecule has 1 fully saturated rings. The Morgan fingerprint density at radius 2 is 2.25 bits per heavy atom. The lowest BCUT2D eigenvalue weighted by Crippen LogP contribution is -2.13. The second kappa shape index (κ2) is 3.15. The number of rotatable bonds is 2. The molecule has 1 saturated carbocycles. The van der Waals surface area contributed by atoms with E-state index in [2.05, 4.69) is 20.9 Å². The number of hydrogen-bond donors (Lipinski definition) is 1. The highest BCUT2D eigenvalue weighted by molar-refractivity contribution is 9.10. The zero-order valence-corrected chi connectivity index (χ0v) is 8.29. The molecule has 1 heterocycles. The van der Waals surface area contributed by atoms with Gasteiger partial charge < -0.3 is 5.73 Å². The van der Waals surface area contributed by atoms with Gasteiger partial charge in [0.15, 0.2) is 0 Å². The van der Waals surface area contributed by atoms with Crippen LogP contribution in [0.25, 0.3) is 0 Å². The fourth-order valence-electron chi connectivity index (χ4n) is 1.31. The van der Waals surface area contributed by atoms with E-state index in [9.17, 15) is 0 Å². The Morgan fingerprint density at radius 1 is 1.50 bits per heavy atom. The van der Waals surface area contributed by atoms with Crippen molar-refractivity contribution < 1.29 is 0 Å². The second-order valence-corrected chi connectivity index (χ2v) is 4.06. The first-order chi connectivity index (χ1) is 5.77. The molecule has 2 nitrogen and oxygen atoms in total. The highest BCUT2D eigenvalue weighted by Crippen LogP contribution is 2.38. The highest BCUT2D eigenvalue weighted by Gasteiger charge is 2.30. The van der Waals surface area contributed by atoms with E-state index in [-0.39, 0.29) is 6.04 Å². The molecule has 0 radical (unpaired) electrons. The average molecular weight is 227 g/mol. The molecule has 1 aromatic heterocycles. The molecule has 1 aromatic rings. The van der Waals surface area contributed by atoms with Crippen LogP contribution in [0.1, 0.15) is 24.6 Å². The summed E-state index contributed by atoms with van der Waals surface area (Å²) in [7, 11) is 0. The topological polar surface area (TPSA) is 38.9 Å². The largest absolute Gasteiger partial charge is 0.322 e. The molecule has 3 heteroatoms. The van der Waals surface area contributed by atoms with Crippen molar-refractivity contribution in [2.24, 2.45) is 11.7 Å². The van der Waals surface area contributed by atoms with E-state index in [4.69, 9.17) is 5.73 Å². The van der Waals surface area contributed by atoms with Crippen LogP contribution in [0.5, 0.6) is 0 Å². The van der Waals surface area contributed by atoms with Gasteiger partial charge in [-0.05, 0) is 46.8 Å². The standard InChI is InChI=1S/C9H11BrN2/c10-8-3-1-2-7(12-8)9(11)6-4-5-6/h1-3,6,9H,4-5,11H2/t9-/m1/s1. The highest BCUT2D eigenvalue weighted by atomic mass is 79.9. The van der Waals surface area contributed by atoms with E-state index in [0.717, 1.165) is 10.3 Å². The van der Waals surface area contributed by atoms with E-state index in [1.54, 1.807) is 0 Å². The maximum Gasteiger partial charge on any atom is 0.106 e. The summed E-state index contributed by atoms with van der Waals surface area (Å²) in [4.78, 5) is 4.33. The lowest BCUT2D eigenvalue weighted by Gasteiger charge is -2.08. The minimum Gasteiger partial charge on any atom is -0.322 e. The Balaban J connectivity index is 2.20. The van der Waals surface area contributed by atoms with Gasteiger partial charge in [0.25, 0.3) is 0 Å². The molecule has 0 bridgehead atoms. The first-order valence-electron chi connectivity index (χ1n) is 4.15. The Bertz CT molecular complexity index is 284. The molecule has 1 atom stereocenters. The summed E-state index contributed by atoms with van der Waals surface area (Å²) in [6.45, 7) is 0. The van der Waals surface area contributed by atoms with E-state index < -0.39 is 0 Å². The quantitative estimate of drug-likeness (QED) is 0.787. The molecule has 0 aromatic carbocycles. The number of pyridine rings is 1. The molecule has 0 unspecified atom stereocenters. The number of nitrogens with two attached hydrogens (primary N) is 1. The van der Waals surface area contributed by atoms with Crippen molar-refractivity contribution in [2.45, 2.75) is 18.9 Å². The summed E-state index contributed by atoms with van der Waals surface area (Å²) in [5, 5.41) is 0. The molecule has 0 saturated heterocycles. The first-order valence-corrected chi connectivity index (χ1v) is 4.95. The van der Waals surface area contributed by atoms with Gasteiger partial charge in [0.05, 0.1) is 5.69 Å². The molecule has 0 aliphatic heterocycles. The monoisotopic (exact) mass is 226 g/mol. The first kappa shape index (κ1) is 8.20. The van der Waals surface area contributed by atoms with Gasteiger partial charge in [0.2, 0.25) is 0 Å². The molecule has 2 rings (SSSR count). The van der Waals surface area contributed by atoms with Crippen LogP contribution in [0.3, 0.4) is 0 Å². The van der Waals surface area contributed by atoms with Gasteiger partial charge in [-0.15, -0.1) is 0 Å². The Kier molecular flexibility index (Phi) is 2.15. The van der Waals surface area contributed by atoms with Gasteiger partial charge in [-0.3, -0.25) is 0 Å². The minimum atomic E-state index is 0.141. The third-order valence-electron chi connectivity index (χ3n) is 2.21. The van der Waals surface area contributed by atoms with Crippen LogP contribution in [0.4, 0.5) is 0 Å². The lowest BCUT2D eigenvalue weighted by molar-refractivity contribution is 0.613. The third-order valence-corrected chi connectivity index (χ3v) is 2.65. The minimum absolute atomic E-state index is 0.141. The van der Waals surface area contributed by atoms with E-state index >= 15 is 0 Å². The van der Waals surface area contributed by atoms with Gasteiger partial charge in [0.1, 0.15) is 4.60 Å². The van der Waals surface area contributed by atoms with Crippen LogP contribution in [-0.2, 0) is 0 Å². The fraction of sp³-hybridized carbons (Fsp3) is 0.444. The van der Waals surface area contributed by atoms with Crippen LogP contribution in [0, 0.1) is 5.92 Å². The predicted octanol–water partition coefficient (Wildman–Crippen LogP) is 2.25. The summed E-state index contributed by atoms with van der Waals surface area (Å²) < 4.78 is 0.871. The van der Waals surface area contributed by atoms with Crippen molar-refractivity contribution in [2.75, 3.05) is 0 Å². The SMILES string of the molecule is N[C@@H](c1cccc(Br)n1)C1CC1. The number of aromatic nitrogens is 1. The lowest BCUT2D eigenvalue weighted by atomic mass is 10.1. The number of hydrogen-bond acceptors (Lipinski definition) is 2. The number of nitrogens with zero attached hydrogens (tertiary/aromatic N) is 1. The normalized spacial score (nSPS) is 19.2. The van der Waals surface area contributed by atoms with Crippen LogP contribution >= 0.6 is 15.9 Å². The van der Waals surface area contributed by atoms with E-state index in [1.165, 1.54) is 12.8 Å². The molecule has 1 aliphatic carbocycles. The molecular weight excluding hydrogens is 216 g/mol. The van der Waals surface area contributed by atoms with Gasteiger partial charge >= 0.3 is 0 Å². The Morgan fingerprint density at radius 3 is 2.83 bits per heavy atom. The zero-order chi connectivity index (χ0) is 8.55. The van der Waals surface area contributed by atoms with Gasteiger partial charge in [-0.2, -0.15) is 0 Å². The van der Waals surface area contributed by atoms with Crippen LogP contribution in [-0.4, -0.2) is 4.98 Å². The smallest absolute Gasteiger partial charge is 0.106 e. The maximum atomic E-state index is 5.99. The van der Waals surface area contributed by atoms with Crippen molar-refractivity contribution in [3.63, 3.8) is 0 Å². The summed E-state index contributed by atoms with van der Waals surface area (Å²) in [6, 6.07) is 6.04. The molecule has 1 aliphatic rings. The van der Waals surface area contributed by atoms with Crippen LogP contribution in [0.2, 0.25) is 0 Å². The molecule has 0 spiro atoms.